The van der Waals surface area contributed by atoms with E-state index < -0.39 is 11.6 Å². The first kappa shape index (κ1) is 16.9. The number of hydrogen-bond donors (Lipinski definition) is 1. The average molecular weight is 287 g/mol. The van der Waals surface area contributed by atoms with Gasteiger partial charge in [-0.15, -0.1) is 0 Å². The van der Waals surface area contributed by atoms with Gasteiger partial charge in [-0.3, -0.25) is 0 Å². The van der Waals surface area contributed by atoms with Gasteiger partial charge in [0.2, 0.25) is 0 Å². The fourth-order valence-corrected chi connectivity index (χ4v) is 1.63. The molecule has 1 aromatic rings. The maximum absolute atomic E-state index is 13.8. The molecule has 0 aliphatic heterocycles. The summed E-state index contributed by atoms with van der Waals surface area (Å²) in [6.45, 7) is 7.24. The predicted molar refractivity (Wildman–Crippen MR) is 74.9 cm³/mol. The van der Waals surface area contributed by atoms with E-state index in [-0.39, 0.29) is 18.5 Å². The Hall–Kier alpha value is -1.20. The molecule has 0 aliphatic carbocycles. The van der Waals surface area contributed by atoms with Gasteiger partial charge in [0.25, 0.3) is 0 Å². The van der Waals surface area contributed by atoms with E-state index in [1.54, 1.807) is 6.92 Å². The van der Waals surface area contributed by atoms with E-state index in [4.69, 9.17) is 9.47 Å². The molecule has 0 saturated carbocycles. The molecule has 0 spiro atoms. The van der Waals surface area contributed by atoms with Crippen LogP contribution in [0.25, 0.3) is 0 Å². The minimum Gasteiger partial charge on any atom is -0.485 e. The molecule has 0 bridgehead atoms. The Morgan fingerprint density at radius 3 is 2.25 bits per heavy atom. The van der Waals surface area contributed by atoms with Gasteiger partial charge in [0, 0.05) is 13.7 Å². The van der Waals surface area contributed by atoms with Gasteiger partial charge in [0.15, 0.2) is 17.4 Å². The highest BCUT2D eigenvalue weighted by Crippen LogP contribution is 2.23. The molecule has 0 amide bonds. The molecule has 0 fully saturated rings. The lowest BCUT2D eigenvalue weighted by Crippen LogP contribution is -2.19. The summed E-state index contributed by atoms with van der Waals surface area (Å²) in [5.74, 6) is -1.23. The summed E-state index contributed by atoms with van der Waals surface area (Å²) < 4.78 is 37.7. The second kappa shape index (κ2) is 8.17. The molecule has 1 atom stereocenters. The van der Waals surface area contributed by atoms with Crippen LogP contribution in [0.1, 0.15) is 26.3 Å². The maximum atomic E-state index is 13.8. The van der Waals surface area contributed by atoms with E-state index in [2.05, 4.69) is 19.2 Å². The van der Waals surface area contributed by atoms with Crippen molar-refractivity contribution in [3.05, 3.63) is 29.3 Å². The van der Waals surface area contributed by atoms with Crippen LogP contribution in [-0.2, 0) is 11.3 Å². The molecule has 0 heterocycles. The number of halogens is 2. The van der Waals surface area contributed by atoms with Gasteiger partial charge in [0.05, 0.1) is 6.10 Å². The molecule has 1 unspecified atom stereocenters. The fourth-order valence-electron chi connectivity index (χ4n) is 1.63. The topological polar surface area (TPSA) is 30.5 Å². The number of benzene rings is 1. The van der Waals surface area contributed by atoms with Crippen molar-refractivity contribution >= 4 is 0 Å². The number of methoxy groups -OCH3 is 1. The zero-order valence-electron chi connectivity index (χ0n) is 12.5. The molecule has 0 aromatic heterocycles. The van der Waals surface area contributed by atoms with Gasteiger partial charge in [-0.25, -0.2) is 8.78 Å². The molecule has 3 nitrogen and oxygen atoms in total. The van der Waals surface area contributed by atoms with Crippen molar-refractivity contribution in [2.45, 2.75) is 33.4 Å². The van der Waals surface area contributed by atoms with Gasteiger partial charge in [-0.05, 0) is 37.1 Å². The minimum atomic E-state index is -0.686. The van der Waals surface area contributed by atoms with E-state index in [0.29, 0.717) is 18.0 Å². The summed E-state index contributed by atoms with van der Waals surface area (Å²) in [7, 11) is 1.52. The highest BCUT2D eigenvalue weighted by atomic mass is 19.1. The Kier molecular flexibility index (Phi) is 6.88. The summed E-state index contributed by atoms with van der Waals surface area (Å²) in [6, 6.07) is 2.59. The van der Waals surface area contributed by atoms with E-state index in [1.807, 2.05) is 0 Å². The summed E-state index contributed by atoms with van der Waals surface area (Å²) in [5, 5.41) is 3.14. The predicted octanol–water partition coefficient (Wildman–Crippen LogP) is 3.12. The van der Waals surface area contributed by atoms with E-state index in [0.717, 1.165) is 6.54 Å². The highest BCUT2D eigenvalue weighted by molar-refractivity contribution is 5.31. The lowest BCUT2D eigenvalue weighted by molar-refractivity contribution is 0.0685. The molecular weight excluding hydrogens is 264 g/mol. The highest BCUT2D eigenvalue weighted by Gasteiger charge is 2.14. The van der Waals surface area contributed by atoms with Crippen LogP contribution in [0.4, 0.5) is 8.78 Å². The molecular formula is C15H23F2NO2. The average Bonchev–Trinajstić information content (AvgIpc) is 2.37. The largest absolute Gasteiger partial charge is 0.485 e. The lowest BCUT2D eigenvalue weighted by atomic mass is 10.1. The molecule has 1 N–H and O–H groups in total. The van der Waals surface area contributed by atoms with Crippen LogP contribution in [0.3, 0.4) is 0 Å². The Morgan fingerprint density at radius 1 is 1.15 bits per heavy atom. The number of hydrogen-bond acceptors (Lipinski definition) is 3. The van der Waals surface area contributed by atoms with E-state index >= 15 is 0 Å². The Morgan fingerprint density at radius 2 is 1.75 bits per heavy atom. The molecule has 20 heavy (non-hydrogen) atoms. The molecule has 5 heteroatoms. The standard InChI is InChI=1S/C15H23F2NO2/c1-10(2)7-18-8-12-5-13(16)15(14(17)6-12)20-9-11(3)19-4/h5-6,10-11,18H,7-9H2,1-4H3. The van der Waals surface area contributed by atoms with Gasteiger partial charge in [-0.2, -0.15) is 0 Å². The van der Waals surface area contributed by atoms with Crippen LogP contribution >= 0.6 is 0 Å². The third kappa shape index (κ3) is 5.43. The monoisotopic (exact) mass is 287 g/mol. The SMILES string of the molecule is COC(C)COc1c(F)cc(CNCC(C)C)cc1F. The molecule has 1 rings (SSSR count). The van der Waals surface area contributed by atoms with Crippen molar-refractivity contribution in [3.63, 3.8) is 0 Å². The van der Waals surface area contributed by atoms with Crippen molar-refractivity contribution in [1.29, 1.82) is 0 Å². The lowest BCUT2D eigenvalue weighted by Gasteiger charge is -2.14. The first-order valence-electron chi connectivity index (χ1n) is 6.78. The van der Waals surface area contributed by atoms with E-state index in [1.165, 1.54) is 19.2 Å². The summed E-state index contributed by atoms with van der Waals surface area (Å²) in [4.78, 5) is 0. The van der Waals surface area contributed by atoms with Gasteiger partial charge in [-0.1, -0.05) is 13.8 Å². The van der Waals surface area contributed by atoms with Crippen molar-refractivity contribution in [3.8, 4) is 5.75 Å². The van der Waals surface area contributed by atoms with Gasteiger partial charge < -0.3 is 14.8 Å². The van der Waals surface area contributed by atoms with Gasteiger partial charge in [0.1, 0.15) is 6.61 Å². The zero-order chi connectivity index (χ0) is 15.1. The van der Waals surface area contributed by atoms with Crippen molar-refractivity contribution in [2.75, 3.05) is 20.3 Å². The number of ether oxygens (including phenoxy) is 2. The van der Waals surface area contributed by atoms with Gasteiger partial charge >= 0.3 is 0 Å². The van der Waals surface area contributed by atoms with Crippen molar-refractivity contribution in [2.24, 2.45) is 5.92 Å². The Balaban J connectivity index is 2.66. The van der Waals surface area contributed by atoms with Crippen molar-refractivity contribution in [1.82, 2.24) is 5.32 Å². The van der Waals surface area contributed by atoms with Crippen LogP contribution in [0.5, 0.6) is 5.75 Å². The molecule has 0 aliphatic rings. The minimum absolute atomic E-state index is 0.106. The summed E-state index contributed by atoms with van der Waals surface area (Å²) in [6.07, 6.45) is -0.221. The summed E-state index contributed by atoms with van der Waals surface area (Å²) >= 11 is 0. The molecule has 0 radical (unpaired) electrons. The Labute approximate surface area is 119 Å². The molecule has 1 aromatic carbocycles. The zero-order valence-corrected chi connectivity index (χ0v) is 12.5. The first-order chi connectivity index (χ1) is 9.43. The first-order valence-corrected chi connectivity index (χ1v) is 6.78. The quantitative estimate of drug-likeness (QED) is 0.797. The van der Waals surface area contributed by atoms with Crippen LogP contribution < -0.4 is 10.1 Å². The summed E-state index contributed by atoms with van der Waals surface area (Å²) in [5.41, 5.74) is 0.563. The van der Waals surface area contributed by atoms with Crippen LogP contribution in [0.15, 0.2) is 12.1 Å². The third-order valence-electron chi connectivity index (χ3n) is 2.80. The number of nitrogens with one attached hydrogen (secondary N) is 1. The molecule has 0 saturated heterocycles. The van der Waals surface area contributed by atoms with Crippen LogP contribution in [0.2, 0.25) is 0 Å². The normalized spacial score (nSPS) is 12.8. The van der Waals surface area contributed by atoms with E-state index in [9.17, 15) is 8.78 Å². The second-order valence-corrected chi connectivity index (χ2v) is 5.27. The third-order valence-corrected chi connectivity index (χ3v) is 2.80. The number of rotatable bonds is 8. The van der Waals surface area contributed by atoms with Crippen molar-refractivity contribution < 1.29 is 18.3 Å². The van der Waals surface area contributed by atoms with Crippen LogP contribution in [0, 0.1) is 17.6 Å². The Bertz CT molecular complexity index is 401. The smallest absolute Gasteiger partial charge is 0.190 e. The fraction of sp³-hybridized carbons (Fsp3) is 0.600. The van der Waals surface area contributed by atoms with Crippen LogP contribution in [-0.4, -0.2) is 26.4 Å². The second-order valence-electron chi connectivity index (χ2n) is 5.27. The maximum Gasteiger partial charge on any atom is 0.190 e. The molecule has 114 valence electrons.